The molecule has 0 aliphatic carbocycles. The minimum Gasteiger partial charge on any atom is -0.368 e. The highest BCUT2D eigenvalue weighted by molar-refractivity contribution is 5.76. The second-order valence-corrected chi connectivity index (χ2v) is 6.19. The summed E-state index contributed by atoms with van der Waals surface area (Å²) in [7, 11) is 0. The lowest BCUT2D eigenvalue weighted by Gasteiger charge is -2.36. The molecule has 0 radical (unpaired) electrons. The van der Waals surface area contributed by atoms with Gasteiger partial charge in [-0.3, -0.25) is 4.79 Å². The van der Waals surface area contributed by atoms with Crippen LogP contribution in [0.4, 0.5) is 5.69 Å². The van der Waals surface area contributed by atoms with Crippen LogP contribution in [0.2, 0.25) is 0 Å². The van der Waals surface area contributed by atoms with Crippen LogP contribution >= 0.6 is 0 Å². The number of piperazine rings is 1. The predicted molar refractivity (Wildman–Crippen MR) is 94.7 cm³/mol. The summed E-state index contributed by atoms with van der Waals surface area (Å²) in [4.78, 5) is 16.8. The van der Waals surface area contributed by atoms with Gasteiger partial charge in [0, 0.05) is 38.3 Å². The Kier molecular flexibility index (Phi) is 4.96. The van der Waals surface area contributed by atoms with Gasteiger partial charge in [0.25, 0.3) is 0 Å². The molecule has 1 heterocycles. The summed E-state index contributed by atoms with van der Waals surface area (Å²) in [5.41, 5.74) is 3.78. The fourth-order valence-corrected chi connectivity index (χ4v) is 3.09. The van der Waals surface area contributed by atoms with E-state index in [1.807, 2.05) is 23.1 Å². The van der Waals surface area contributed by atoms with E-state index in [2.05, 4.69) is 48.2 Å². The van der Waals surface area contributed by atoms with E-state index in [1.165, 1.54) is 16.8 Å². The van der Waals surface area contributed by atoms with Crippen molar-refractivity contribution >= 4 is 11.6 Å². The van der Waals surface area contributed by atoms with Gasteiger partial charge in [0.05, 0.1) is 0 Å². The Hall–Kier alpha value is -2.29. The van der Waals surface area contributed by atoms with Gasteiger partial charge in [-0.15, -0.1) is 0 Å². The molecule has 0 aromatic heterocycles. The van der Waals surface area contributed by atoms with Crippen LogP contribution in [0.3, 0.4) is 0 Å². The number of aryl methyl sites for hydroxylation is 2. The fraction of sp³-hybridized carbons (Fsp3) is 0.350. The molecule has 1 aliphatic rings. The molecule has 0 unspecified atom stereocenters. The maximum Gasteiger partial charge on any atom is 0.223 e. The first-order chi connectivity index (χ1) is 11.2. The Morgan fingerprint density at radius 2 is 1.70 bits per heavy atom. The van der Waals surface area contributed by atoms with Crippen LogP contribution in [0, 0.1) is 6.92 Å². The highest BCUT2D eigenvalue weighted by atomic mass is 16.2. The third-order valence-corrected chi connectivity index (χ3v) is 4.47. The number of amides is 1. The van der Waals surface area contributed by atoms with Gasteiger partial charge in [-0.2, -0.15) is 0 Å². The summed E-state index contributed by atoms with van der Waals surface area (Å²) in [5, 5.41) is 0. The molecule has 1 amide bonds. The van der Waals surface area contributed by atoms with Crippen LogP contribution in [-0.2, 0) is 11.2 Å². The topological polar surface area (TPSA) is 23.6 Å². The molecule has 1 aliphatic heterocycles. The number of nitrogens with zero attached hydrogens (tertiary/aromatic N) is 2. The molecule has 3 rings (SSSR count). The van der Waals surface area contributed by atoms with E-state index in [1.54, 1.807) is 0 Å². The van der Waals surface area contributed by atoms with Crippen molar-refractivity contribution in [3.8, 4) is 0 Å². The molecule has 0 saturated carbocycles. The van der Waals surface area contributed by atoms with Crippen molar-refractivity contribution in [3.05, 3.63) is 65.7 Å². The zero-order valence-electron chi connectivity index (χ0n) is 13.7. The van der Waals surface area contributed by atoms with Gasteiger partial charge in [0.1, 0.15) is 0 Å². The van der Waals surface area contributed by atoms with Crippen LogP contribution < -0.4 is 4.90 Å². The van der Waals surface area contributed by atoms with Crippen molar-refractivity contribution in [2.45, 2.75) is 19.8 Å². The minimum absolute atomic E-state index is 0.276. The van der Waals surface area contributed by atoms with Gasteiger partial charge < -0.3 is 9.80 Å². The number of carbonyl (C=O) groups excluding carboxylic acids is 1. The Balaban J connectivity index is 1.49. The fourth-order valence-electron chi connectivity index (χ4n) is 3.09. The number of anilines is 1. The Morgan fingerprint density at radius 1 is 0.957 bits per heavy atom. The Bertz CT molecular complexity index is 646. The summed E-state index contributed by atoms with van der Waals surface area (Å²) in [6.45, 7) is 5.59. The first-order valence-corrected chi connectivity index (χ1v) is 8.36. The monoisotopic (exact) mass is 308 g/mol. The van der Waals surface area contributed by atoms with Gasteiger partial charge in [0.15, 0.2) is 0 Å². The number of hydrogen-bond donors (Lipinski definition) is 0. The lowest BCUT2D eigenvalue weighted by Crippen LogP contribution is -2.48. The number of hydrogen-bond acceptors (Lipinski definition) is 2. The van der Waals surface area contributed by atoms with Crippen LogP contribution in [-0.4, -0.2) is 37.0 Å². The smallest absolute Gasteiger partial charge is 0.223 e. The van der Waals surface area contributed by atoms with Crippen LogP contribution in [0.5, 0.6) is 0 Å². The van der Waals surface area contributed by atoms with Crippen molar-refractivity contribution in [1.29, 1.82) is 0 Å². The van der Waals surface area contributed by atoms with Crippen molar-refractivity contribution in [2.24, 2.45) is 0 Å². The lowest BCUT2D eigenvalue weighted by atomic mass is 10.1. The summed E-state index contributed by atoms with van der Waals surface area (Å²) in [6.07, 6.45) is 1.44. The molecule has 1 fully saturated rings. The quantitative estimate of drug-likeness (QED) is 0.865. The maximum atomic E-state index is 12.4. The highest BCUT2D eigenvalue weighted by Gasteiger charge is 2.20. The largest absolute Gasteiger partial charge is 0.368 e. The second kappa shape index (κ2) is 7.32. The van der Waals surface area contributed by atoms with E-state index >= 15 is 0 Å². The summed E-state index contributed by atoms with van der Waals surface area (Å²) in [6, 6.07) is 18.8. The van der Waals surface area contributed by atoms with Gasteiger partial charge in [0.2, 0.25) is 5.91 Å². The van der Waals surface area contributed by atoms with Crippen LogP contribution in [0.25, 0.3) is 0 Å². The number of carbonyl (C=O) groups is 1. The van der Waals surface area contributed by atoms with E-state index in [-0.39, 0.29) is 5.91 Å². The standard InChI is InChI=1S/C20H24N2O/c1-17-6-5-9-19(16-17)21-12-14-22(15-13-21)20(23)11-10-18-7-3-2-4-8-18/h2-9,16H,10-15H2,1H3. The van der Waals surface area contributed by atoms with E-state index in [0.29, 0.717) is 6.42 Å². The Morgan fingerprint density at radius 3 is 2.39 bits per heavy atom. The third-order valence-electron chi connectivity index (χ3n) is 4.47. The summed E-state index contributed by atoms with van der Waals surface area (Å²) < 4.78 is 0. The van der Waals surface area contributed by atoms with Crippen LogP contribution in [0.15, 0.2) is 54.6 Å². The van der Waals surface area contributed by atoms with E-state index in [0.717, 1.165) is 32.6 Å². The lowest BCUT2D eigenvalue weighted by molar-refractivity contribution is -0.131. The molecule has 0 N–H and O–H groups in total. The highest BCUT2D eigenvalue weighted by Crippen LogP contribution is 2.18. The first kappa shape index (κ1) is 15.6. The molecule has 120 valence electrons. The van der Waals surface area contributed by atoms with Crippen LogP contribution in [0.1, 0.15) is 17.5 Å². The van der Waals surface area contributed by atoms with E-state index < -0.39 is 0 Å². The molecule has 0 spiro atoms. The molecular weight excluding hydrogens is 284 g/mol. The molecule has 0 atom stereocenters. The second-order valence-electron chi connectivity index (χ2n) is 6.19. The van der Waals surface area contributed by atoms with Gasteiger partial charge in [-0.1, -0.05) is 42.5 Å². The van der Waals surface area contributed by atoms with E-state index in [4.69, 9.17) is 0 Å². The number of benzene rings is 2. The SMILES string of the molecule is Cc1cccc(N2CCN(C(=O)CCc3ccccc3)CC2)c1. The van der Waals surface area contributed by atoms with Crippen molar-refractivity contribution in [3.63, 3.8) is 0 Å². The Labute approximate surface area is 138 Å². The minimum atomic E-state index is 0.276. The molecular formula is C20H24N2O. The zero-order valence-corrected chi connectivity index (χ0v) is 13.7. The molecule has 2 aromatic rings. The summed E-state index contributed by atoms with van der Waals surface area (Å²) >= 11 is 0. The zero-order chi connectivity index (χ0) is 16.1. The van der Waals surface area contributed by atoms with Crippen molar-refractivity contribution in [2.75, 3.05) is 31.1 Å². The molecule has 1 saturated heterocycles. The molecule has 3 nitrogen and oxygen atoms in total. The third kappa shape index (κ3) is 4.13. The van der Waals surface area contributed by atoms with Gasteiger partial charge in [-0.25, -0.2) is 0 Å². The molecule has 23 heavy (non-hydrogen) atoms. The molecule has 0 bridgehead atoms. The average Bonchev–Trinajstić information content (AvgIpc) is 2.61. The average molecular weight is 308 g/mol. The normalized spacial score (nSPS) is 14.8. The molecule has 3 heteroatoms. The van der Waals surface area contributed by atoms with Gasteiger partial charge >= 0.3 is 0 Å². The van der Waals surface area contributed by atoms with Crippen molar-refractivity contribution < 1.29 is 4.79 Å². The summed E-state index contributed by atoms with van der Waals surface area (Å²) in [5.74, 6) is 0.276. The molecule has 2 aromatic carbocycles. The maximum absolute atomic E-state index is 12.4. The van der Waals surface area contributed by atoms with Gasteiger partial charge in [-0.05, 0) is 36.6 Å². The first-order valence-electron chi connectivity index (χ1n) is 8.36. The van der Waals surface area contributed by atoms with Crippen molar-refractivity contribution in [1.82, 2.24) is 4.90 Å². The number of rotatable bonds is 4. The predicted octanol–water partition coefficient (Wildman–Crippen LogP) is 3.28. The van der Waals surface area contributed by atoms with E-state index in [9.17, 15) is 4.79 Å².